The fraction of sp³-hybridized carbons (Fsp3) is 0.412. The number of nitrogens with one attached hydrogen (secondary N) is 2. The first-order chi connectivity index (χ1) is 12.2. The van der Waals surface area contributed by atoms with Crippen LogP contribution in [-0.2, 0) is 12.7 Å². The van der Waals surface area contributed by atoms with Crippen LogP contribution in [0.1, 0.15) is 41.7 Å². The Morgan fingerprint density at radius 1 is 1.35 bits per heavy atom. The quantitative estimate of drug-likeness (QED) is 0.453. The molecule has 1 heterocycles. The Kier molecular flexibility index (Phi) is 6.57. The lowest BCUT2D eigenvalue weighted by molar-refractivity contribution is -0.140. The molecule has 0 saturated carbocycles. The molecular formula is C17H20F4N4S. The zero-order valence-corrected chi connectivity index (χ0v) is 15.4. The summed E-state index contributed by atoms with van der Waals surface area (Å²) in [5.74, 6) is 0.130. The summed E-state index contributed by atoms with van der Waals surface area (Å²) in [7, 11) is 0. The number of alkyl halides is 3. The zero-order chi connectivity index (χ0) is 19.3. The zero-order valence-electron chi connectivity index (χ0n) is 14.6. The average molecular weight is 388 g/mol. The predicted molar refractivity (Wildman–Crippen MR) is 94.6 cm³/mol. The number of rotatable bonds is 5. The number of nitrogens with zero attached hydrogens (tertiary/aromatic N) is 2. The van der Waals surface area contributed by atoms with E-state index in [-0.39, 0.29) is 23.4 Å². The summed E-state index contributed by atoms with van der Waals surface area (Å²) in [4.78, 5) is 7.82. The van der Waals surface area contributed by atoms with E-state index >= 15 is 0 Å². The number of hydrogen-bond donors (Lipinski definition) is 2. The van der Waals surface area contributed by atoms with E-state index < -0.39 is 11.9 Å². The highest BCUT2D eigenvalue weighted by molar-refractivity contribution is 7.09. The number of halogens is 4. The van der Waals surface area contributed by atoms with Gasteiger partial charge in [-0.25, -0.2) is 14.4 Å². The summed E-state index contributed by atoms with van der Waals surface area (Å²) in [6, 6.07) is 4.73. The molecule has 2 aromatic rings. The summed E-state index contributed by atoms with van der Waals surface area (Å²) >= 11 is 0.912. The van der Waals surface area contributed by atoms with Crippen LogP contribution >= 0.6 is 11.3 Å². The van der Waals surface area contributed by atoms with Crippen LogP contribution in [-0.4, -0.2) is 17.5 Å². The maximum absolute atomic E-state index is 13.7. The Bertz CT molecular complexity index is 770. The minimum Gasteiger partial charge on any atom is -0.357 e. The second kappa shape index (κ2) is 8.48. The lowest BCUT2D eigenvalue weighted by Gasteiger charge is -2.18. The van der Waals surface area contributed by atoms with Crippen molar-refractivity contribution >= 4 is 17.3 Å². The van der Waals surface area contributed by atoms with Crippen LogP contribution in [0.3, 0.4) is 0 Å². The van der Waals surface area contributed by atoms with E-state index in [0.29, 0.717) is 18.1 Å². The molecule has 2 rings (SSSR count). The van der Waals surface area contributed by atoms with Gasteiger partial charge in [0.25, 0.3) is 0 Å². The SMILES string of the molecule is CCNC(=NCc1nc(C(F)(F)F)cs1)NC(C)c1ccc(C)c(F)c1. The fourth-order valence-corrected chi connectivity index (χ4v) is 2.87. The van der Waals surface area contributed by atoms with Gasteiger partial charge in [-0.2, -0.15) is 13.2 Å². The van der Waals surface area contributed by atoms with E-state index in [2.05, 4.69) is 20.6 Å². The molecule has 0 aliphatic rings. The van der Waals surface area contributed by atoms with Gasteiger partial charge >= 0.3 is 6.18 Å². The largest absolute Gasteiger partial charge is 0.434 e. The second-order valence-electron chi connectivity index (χ2n) is 5.69. The summed E-state index contributed by atoms with van der Waals surface area (Å²) in [6.45, 7) is 6.00. The number of aryl methyl sites for hydroxylation is 1. The number of thiazole rings is 1. The third-order valence-electron chi connectivity index (χ3n) is 3.61. The summed E-state index contributed by atoms with van der Waals surface area (Å²) in [6.07, 6.45) is -4.45. The van der Waals surface area contributed by atoms with Crippen molar-refractivity contribution in [2.24, 2.45) is 4.99 Å². The number of hydrogen-bond acceptors (Lipinski definition) is 3. The van der Waals surface area contributed by atoms with E-state index in [1.165, 1.54) is 6.07 Å². The monoisotopic (exact) mass is 388 g/mol. The third-order valence-corrected chi connectivity index (χ3v) is 4.44. The van der Waals surface area contributed by atoms with Crippen LogP contribution in [0, 0.1) is 12.7 Å². The van der Waals surface area contributed by atoms with Crippen molar-refractivity contribution in [3.8, 4) is 0 Å². The highest BCUT2D eigenvalue weighted by Crippen LogP contribution is 2.30. The van der Waals surface area contributed by atoms with Gasteiger partial charge < -0.3 is 10.6 Å². The topological polar surface area (TPSA) is 49.3 Å². The molecule has 9 heteroatoms. The lowest BCUT2D eigenvalue weighted by atomic mass is 10.1. The molecule has 26 heavy (non-hydrogen) atoms. The van der Waals surface area contributed by atoms with Crippen LogP contribution in [0.2, 0.25) is 0 Å². The van der Waals surface area contributed by atoms with Crippen molar-refractivity contribution in [3.05, 3.63) is 51.2 Å². The maximum Gasteiger partial charge on any atom is 0.434 e. The first kappa shape index (κ1) is 20.2. The van der Waals surface area contributed by atoms with Gasteiger partial charge in [0, 0.05) is 11.9 Å². The van der Waals surface area contributed by atoms with E-state index in [1.807, 2.05) is 19.9 Å². The molecule has 0 spiro atoms. The molecule has 1 unspecified atom stereocenters. The van der Waals surface area contributed by atoms with Gasteiger partial charge in [0.2, 0.25) is 0 Å². The third kappa shape index (κ3) is 5.42. The average Bonchev–Trinajstić information content (AvgIpc) is 3.04. The van der Waals surface area contributed by atoms with E-state index in [1.54, 1.807) is 13.0 Å². The summed E-state index contributed by atoms with van der Waals surface area (Å²) in [5.41, 5.74) is 0.396. The minimum absolute atomic E-state index is 0.0189. The molecule has 142 valence electrons. The van der Waals surface area contributed by atoms with Crippen molar-refractivity contribution in [1.29, 1.82) is 0 Å². The normalized spacial score (nSPS) is 13.6. The molecular weight excluding hydrogens is 368 g/mol. The minimum atomic E-state index is -4.45. The Labute approximate surface area is 153 Å². The van der Waals surface area contributed by atoms with Crippen LogP contribution < -0.4 is 10.6 Å². The van der Waals surface area contributed by atoms with Crippen LogP contribution in [0.4, 0.5) is 17.6 Å². The van der Waals surface area contributed by atoms with Crippen molar-refractivity contribution in [2.45, 2.75) is 39.5 Å². The molecule has 2 N–H and O–H groups in total. The van der Waals surface area contributed by atoms with E-state index in [4.69, 9.17) is 0 Å². The molecule has 1 aromatic carbocycles. The van der Waals surface area contributed by atoms with Gasteiger partial charge in [-0.15, -0.1) is 11.3 Å². The smallest absolute Gasteiger partial charge is 0.357 e. The fourth-order valence-electron chi connectivity index (χ4n) is 2.15. The highest BCUT2D eigenvalue weighted by Gasteiger charge is 2.33. The Hall–Kier alpha value is -2.16. The molecule has 0 aliphatic carbocycles. The summed E-state index contributed by atoms with van der Waals surface area (Å²) < 4.78 is 51.5. The molecule has 1 atom stereocenters. The van der Waals surface area contributed by atoms with Crippen molar-refractivity contribution in [3.63, 3.8) is 0 Å². The van der Waals surface area contributed by atoms with Gasteiger partial charge in [0.1, 0.15) is 10.8 Å². The lowest BCUT2D eigenvalue weighted by Crippen LogP contribution is -2.38. The number of aromatic nitrogens is 1. The first-order valence-corrected chi connectivity index (χ1v) is 8.91. The molecule has 1 aromatic heterocycles. The van der Waals surface area contributed by atoms with Crippen molar-refractivity contribution in [1.82, 2.24) is 15.6 Å². The van der Waals surface area contributed by atoms with E-state index in [9.17, 15) is 17.6 Å². The first-order valence-electron chi connectivity index (χ1n) is 8.03. The second-order valence-corrected chi connectivity index (χ2v) is 6.64. The molecule has 0 bridgehead atoms. The van der Waals surface area contributed by atoms with Crippen molar-refractivity contribution in [2.75, 3.05) is 6.54 Å². The Morgan fingerprint density at radius 2 is 2.08 bits per heavy atom. The molecule has 0 fully saturated rings. The van der Waals surface area contributed by atoms with Crippen LogP contribution in [0.5, 0.6) is 0 Å². The Balaban J connectivity index is 2.08. The van der Waals surface area contributed by atoms with Gasteiger partial charge in [-0.05, 0) is 38.0 Å². The Morgan fingerprint density at radius 3 is 2.65 bits per heavy atom. The maximum atomic E-state index is 13.7. The van der Waals surface area contributed by atoms with Gasteiger partial charge in [-0.1, -0.05) is 12.1 Å². The van der Waals surface area contributed by atoms with Crippen molar-refractivity contribution < 1.29 is 17.6 Å². The van der Waals surface area contributed by atoms with E-state index in [0.717, 1.165) is 22.3 Å². The molecule has 0 saturated heterocycles. The highest BCUT2D eigenvalue weighted by atomic mass is 32.1. The number of guanidine groups is 1. The molecule has 0 amide bonds. The number of benzene rings is 1. The van der Waals surface area contributed by atoms with Gasteiger partial charge in [-0.3, -0.25) is 0 Å². The standard InChI is InChI=1S/C17H20F4N4S/c1-4-22-16(23-8-15-25-14(9-26-15)17(19,20)21)24-11(3)12-6-5-10(2)13(18)7-12/h5-7,9,11H,4,8H2,1-3H3,(H2,22,23,24). The number of aliphatic imine (C=N–C) groups is 1. The van der Waals surface area contributed by atoms with Crippen LogP contribution in [0.25, 0.3) is 0 Å². The predicted octanol–water partition coefficient (Wildman–Crippen LogP) is 4.43. The van der Waals surface area contributed by atoms with Gasteiger partial charge in [0.05, 0.1) is 12.6 Å². The molecule has 0 aliphatic heterocycles. The molecule has 4 nitrogen and oxygen atoms in total. The van der Waals surface area contributed by atoms with Crippen LogP contribution in [0.15, 0.2) is 28.6 Å². The molecule has 0 radical (unpaired) electrons. The summed E-state index contributed by atoms with van der Waals surface area (Å²) in [5, 5.41) is 7.37. The van der Waals surface area contributed by atoms with Gasteiger partial charge in [0.15, 0.2) is 11.7 Å².